The van der Waals surface area contributed by atoms with Gasteiger partial charge in [0.15, 0.2) is 0 Å². The largest absolute Gasteiger partial charge is 0.342 e. The van der Waals surface area contributed by atoms with Gasteiger partial charge in [-0.15, -0.1) is 0 Å². The molecule has 0 fully saturated rings. The molecule has 0 radical (unpaired) electrons. The number of carbonyl (C=O) groups excluding carboxylic acids is 1. The molecule has 1 atom stereocenters. The van der Waals surface area contributed by atoms with E-state index in [1.165, 1.54) is 12.1 Å². The number of aryl methyl sites for hydroxylation is 2. The van der Waals surface area contributed by atoms with Crippen LogP contribution in [0.5, 0.6) is 0 Å². The first kappa shape index (κ1) is 17.1. The number of H-pyrrole nitrogens is 1. The summed E-state index contributed by atoms with van der Waals surface area (Å²) in [6.07, 6.45) is 0. The molecule has 0 saturated carbocycles. The molecule has 6 heteroatoms. The zero-order valence-electron chi connectivity index (χ0n) is 15.3. The second kappa shape index (κ2) is 6.46. The Labute approximate surface area is 155 Å². The normalized spacial score (nSPS) is 12.4. The molecule has 5 nitrogen and oxygen atoms in total. The molecule has 2 heterocycles. The lowest BCUT2D eigenvalue weighted by molar-refractivity contribution is 0.0940. The number of amides is 1. The Bertz CT molecular complexity index is 1180. The number of nitrogens with one attached hydrogen (secondary N) is 2. The highest BCUT2D eigenvalue weighted by Gasteiger charge is 2.18. The minimum absolute atomic E-state index is 0.249. The van der Waals surface area contributed by atoms with Gasteiger partial charge in [0.2, 0.25) is 0 Å². The molecule has 0 aliphatic carbocycles. The fourth-order valence-corrected chi connectivity index (χ4v) is 3.21. The third kappa shape index (κ3) is 3.26. The van der Waals surface area contributed by atoms with Crippen LogP contribution >= 0.6 is 0 Å². The maximum absolute atomic E-state index is 13.5. The number of aromatic amines is 1. The van der Waals surface area contributed by atoms with Crippen molar-refractivity contribution in [3.8, 4) is 0 Å². The van der Waals surface area contributed by atoms with E-state index in [1.807, 2.05) is 32.0 Å². The number of nitrogens with zero attached hydrogens (tertiary/aromatic N) is 2. The van der Waals surface area contributed by atoms with Gasteiger partial charge in [-0.25, -0.2) is 9.37 Å². The first-order chi connectivity index (χ1) is 12.9. The second-order valence-electron chi connectivity index (χ2n) is 6.81. The Kier molecular flexibility index (Phi) is 4.11. The van der Waals surface area contributed by atoms with E-state index < -0.39 is 0 Å². The highest BCUT2D eigenvalue weighted by molar-refractivity contribution is 6.06. The van der Waals surface area contributed by atoms with E-state index in [4.69, 9.17) is 0 Å². The molecule has 2 N–H and O–H groups in total. The van der Waals surface area contributed by atoms with Gasteiger partial charge in [0.1, 0.15) is 11.6 Å². The Morgan fingerprint density at radius 2 is 1.89 bits per heavy atom. The van der Waals surface area contributed by atoms with Gasteiger partial charge in [-0.2, -0.15) is 0 Å². The molecule has 0 bridgehead atoms. The summed E-state index contributed by atoms with van der Waals surface area (Å²) >= 11 is 0. The lowest BCUT2D eigenvalue weighted by atomic mass is 10.1. The Morgan fingerprint density at radius 3 is 2.70 bits per heavy atom. The highest BCUT2D eigenvalue weighted by atomic mass is 19.1. The molecule has 0 saturated heterocycles. The van der Waals surface area contributed by atoms with E-state index in [0.717, 1.165) is 16.6 Å². The molecular weight excluding hydrogens is 343 g/mol. The second-order valence-corrected chi connectivity index (χ2v) is 6.81. The molecule has 4 rings (SSSR count). The van der Waals surface area contributed by atoms with Crippen molar-refractivity contribution in [3.63, 3.8) is 0 Å². The Balaban J connectivity index is 1.66. The average Bonchev–Trinajstić information content (AvgIpc) is 3.03. The zero-order chi connectivity index (χ0) is 19.1. The fraction of sp³-hybridized carbons (Fsp3) is 0.190. The number of halogens is 1. The van der Waals surface area contributed by atoms with E-state index in [1.54, 1.807) is 19.1 Å². The van der Waals surface area contributed by atoms with Crippen molar-refractivity contribution in [2.24, 2.45) is 0 Å². The molecule has 4 aromatic rings. The molecule has 136 valence electrons. The van der Waals surface area contributed by atoms with Gasteiger partial charge < -0.3 is 10.3 Å². The van der Waals surface area contributed by atoms with E-state index in [9.17, 15) is 9.18 Å². The van der Waals surface area contributed by atoms with Crippen LogP contribution in [0.3, 0.4) is 0 Å². The van der Waals surface area contributed by atoms with E-state index in [0.29, 0.717) is 28.0 Å². The number of rotatable bonds is 3. The van der Waals surface area contributed by atoms with Crippen molar-refractivity contribution in [3.05, 3.63) is 70.9 Å². The third-order valence-electron chi connectivity index (χ3n) is 4.56. The van der Waals surface area contributed by atoms with Crippen molar-refractivity contribution in [1.29, 1.82) is 0 Å². The van der Waals surface area contributed by atoms with Crippen LogP contribution in [0.1, 0.15) is 40.4 Å². The van der Waals surface area contributed by atoms with Crippen LogP contribution in [0.2, 0.25) is 0 Å². The Morgan fingerprint density at radius 1 is 1.07 bits per heavy atom. The number of fused-ring (bicyclic) bond motifs is 2. The quantitative estimate of drug-likeness (QED) is 0.569. The number of benzene rings is 2. The summed E-state index contributed by atoms with van der Waals surface area (Å²) in [4.78, 5) is 25.0. The van der Waals surface area contributed by atoms with Crippen molar-refractivity contribution >= 4 is 27.8 Å². The smallest absolute Gasteiger partial charge is 0.252 e. The van der Waals surface area contributed by atoms with Crippen molar-refractivity contribution < 1.29 is 9.18 Å². The van der Waals surface area contributed by atoms with E-state index >= 15 is 0 Å². The zero-order valence-corrected chi connectivity index (χ0v) is 15.3. The summed E-state index contributed by atoms with van der Waals surface area (Å²) in [5, 5.41) is 3.59. The summed E-state index contributed by atoms with van der Waals surface area (Å²) in [5.74, 6) is 0.0595. The Hall–Kier alpha value is -3.28. The fourth-order valence-electron chi connectivity index (χ4n) is 3.21. The number of hydrogen-bond donors (Lipinski definition) is 2. The van der Waals surface area contributed by atoms with Gasteiger partial charge in [0.25, 0.3) is 5.91 Å². The van der Waals surface area contributed by atoms with Crippen LogP contribution < -0.4 is 5.32 Å². The lowest BCUT2D eigenvalue weighted by Gasteiger charge is -2.13. The lowest BCUT2D eigenvalue weighted by Crippen LogP contribution is -2.27. The van der Waals surface area contributed by atoms with Gasteiger partial charge in [-0.3, -0.25) is 9.78 Å². The number of aromatic nitrogens is 3. The summed E-state index contributed by atoms with van der Waals surface area (Å²) in [6, 6.07) is 11.6. The number of hydrogen-bond acceptors (Lipinski definition) is 3. The minimum Gasteiger partial charge on any atom is -0.342 e. The standard InChI is InChI=1S/C21H19FN4O/c1-11-4-7-17-19(8-11)26-20(25-17)13(3)24-21(27)16-9-12(2)23-18-10-14(22)5-6-15(16)18/h4-10,13H,1-3H3,(H,24,27)(H,25,26)/t13-/m0/s1. The van der Waals surface area contributed by atoms with Crippen LogP contribution in [0.25, 0.3) is 21.9 Å². The molecule has 2 aromatic heterocycles. The van der Waals surface area contributed by atoms with Crippen LogP contribution in [0.4, 0.5) is 4.39 Å². The van der Waals surface area contributed by atoms with Crippen molar-refractivity contribution in [1.82, 2.24) is 20.3 Å². The molecular formula is C21H19FN4O. The van der Waals surface area contributed by atoms with Crippen molar-refractivity contribution in [2.75, 3.05) is 0 Å². The molecule has 0 spiro atoms. The van der Waals surface area contributed by atoms with Gasteiger partial charge >= 0.3 is 0 Å². The maximum Gasteiger partial charge on any atom is 0.252 e. The molecule has 0 aliphatic heterocycles. The molecule has 0 unspecified atom stereocenters. The number of pyridine rings is 1. The van der Waals surface area contributed by atoms with Crippen LogP contribution in [-0.2, 0) is 0 Å². The highest BCUT2D eigenvalue weighted by Crippen LogP contribution is 2.22. The summed E-state index contributed by atoms with van der Waals surface area (Å²) in [6.45, 7) is 5.68. The summed E-state index contributed by atoms with van der Waals surface area (Å²) in [5.41, 5.74) is 4.53. The molecule has 1 amide bonds. The van der Waals surface area contributed by atoms with Gasteiger partial charge in [0, 0.05) is 17.1 Å². The summed E-state index contributed by atoms with van der Waals surface area (Å²) < 4.78 is 13.5. The first-order valence-corrected chi connectivity index (χ1v) is 8.75. The minimum atomic E-state index is -0.377. The van der Waals surface area contributed by atoms with Gasteiger partial charge in [-0.1, -0.05) is 6.07 Å². The molecule has 27 heavy (non-hydrogen) atoms. The van der Waals surface area contributed by atoms with Crippen LogP contribution in [-0.4, -0.2) is 20.9 Å². The maximum atomic E-state index is 13.5. The van der Waals surface area contributed by atoms with Gasteiger partial charge in [-0.05, 0) is 56.7 Å². The van der Waals surface area contributed by atoms with Crippen LogP contribution in [0, 0.1) is 19.7 Å². The van der Waals surface area contributed by atoms with Gasteiger partial charge in [0.05, 0.1) is 28.2 Å². The van der Waals surface area contributed by atoms with E-state index in [2.05, 4.69) is 20.3 Å². The van der Waals surface area contributed by atoms with E-state index in [-0.39, 0.29) is 17.8 Å². The predicted molar refractivity (Wildman–Crippen MR) is 103 cm³/mol. The SMILES string of the molecule is Cc1ccc2nc([C@H](C)NC(=O)c3cc(C)nc4cc(F)ccc34)[nH]c2c1. The third-order valence-corrected chi connectivity index (χ3v) is 4.56. The summed E-state index contributed by atoms with van der Waals surface area (Å²) in [7, 11) is 0. The first-order valence-electron chi connectivity index (χ1n) is 8.75. The monoisotopic (exact) mass is 362 g/mol. The molecule has 0 aliphatic rings. The number of imidazole rings is 1. The molecule has 2 aromatic carbocycles. The topological polar surface area (TPSA) is 70.7 Å². The van der Waals surface area contributed by atoms with Crippen molar-refractivity contribution in [2.45, 2.75) is 26.8 Å². The average molecular weight is 362 g/mol. The van der Waals surface area contributed by atoms with Crippen LogP contribution in [0.15, 0.2) is 42.5 Å². The predicted octanol–water partition coefficient (Wildman–Crippen LogP) is 4.36. The number of carbonyl (C=O) groups is 1.